The van der Waals surface area contributed by atoms with E-state index in [2.05, 4.69) is 25.6 Å². The molecule has 1 saturated carbocycles. The smallest absolute Gasteiger partial charge is 0.408 e. The molecule has 1 aliphatic carbocycles. The number of pyridine rings is 2. The first-order valence-electron chi connectivity index (χ1n) is 14.2. The van der Waals surface area contributed by atoms with E-state index >= 15 is 0 Å². The molecular weight excluding hydrogens is 591 g/mol. The fraction of sp³-hybridized carbons (Fsp3) is 0.387. The van der Waals surface area contributed by atoms with Gasteiger partial charge in [-0.05, 0) is 70.4 Å². The van der Waals surface area contributed by atoms with E-state index in [0.717, 1.165) is 19.3 Å². The summed E-state index contributed by atoms with van der Waals surface area (Å²) in [5.74, 6) is 1.34. The Kier molecular flexibility index (Phi) is 10.1. The second kappa shape index (κ2) is 13.6. The van der Waals surface area contributed by atoms with Crippen LogP contribution in [0, 0.1) is 0 Å². The molecule has 4 aromatic rings. The van der Waals surface area contributed by atoms with E-state index in [1.165, 1.54) is 4.57 Å². The number of aryl methyl sites for hydroxylation is 1. The van der Waals surface area contributed by atoms with Crippen molar-refractivity contribution in [2.24, 2.45) is 7.05 Å². The highest BCUT2D eigenvalue weighted by Gasteiger charge is 2.32. The van der Waals surface area contributed by atoms with Crippen LogP contribution in [-0.4, -0.2) is 43.4 Å². The number of aromatic nitrogens is 4. The third kappa shape index (κ3) is 7.74. The van der Waals surface area contributed by atoms with Crippen LogP contribution in [0.4, 0.5) is 16.6 Å². The highest BCUT2D eigenvalue weighted by atomic mass is 35.5. The second-order valence-corrected chi connectivity index (χ2v) is 11.6. The maximum Gasteiger partial charge on any atom is 0.408 e. The number of anilines is 2. The lowest BCUT2D eigenvalue weighted by Gasteiger charge is -2.25. The van der Waals surface area contributed by atoms with Crippen molar-refractivity contribution in [1.82, 2.24) is 24.8 Å². The Hall–Kier alpha value is -3.89. The Labute approximate surface area is 260 Å². The lowest BCUT2D eigenvalue weighted by atomic mass is 10.1. The van der Waals surface area contributed by atoms with Crippen LogP contribution in [0.25, 0.3) is 22.2 Å². The third-order valence-corrected chi connectivity index (χ3v) is 7.23. The van der Waals surface area contributed by atoms with Crippen molar-refractivity contribution in [3.8, 4) is 16.9 Å². The number of carbonyl (C=O) groups excluding carboxylic acids is 1. The summed E-state index contributed by atoms with van der Waals surface area (Å²) in [5.41, 5.74) is 0.412. The van der Waals surface area contributed by atoms with Gasteiger partial charge < -0.3 is 20.1 Å². The van der Waals surface area contributed by atoms with E-state index in [0.29, 0.717) is 43.8 Å². The number of benzene rings is 1. The molecule has 0 spiro atoms. The minimum Gasteiger partial charge on any atom is -0.487 e. The summed E-state index contributed by atoms with van der Waals surface area (Å²) in [5, 5.41) is 7.40. The molecule has 1 fully saturated rings. The Morgan fingerprint density at radius 2 is 1.77 bits per heavy atom. The van der Waals surface area contributed by atoms with Gasteiger partial charge in [-0.25, -0.2) is 14.8 Å². The van der Waals surface area contributed by atoms with Crippen LogP contribution in [-0.2, 0) is 11.8 Å². The SMILES string of the molecule is CC.Cn1c(=O)c(-c2c(Cl)cccc2Cl)cc2cnc(Nc3ccc(OC4CCCC4NC(=O)OC(C)(C)C)cn3)nc21. The summed E-state index contributed by atoms with van der Waals surface area (Å²) < 4.78 is 12.9. The van der Waals surface area contributed by atoms with Crippen molar-refractivity contribution in [3.05, 3.63) is 69.2 Å². The fourth-order valence-electron chi connectivity index (χ4n) is 4.75. The zero-order chi connectivity index (χ0) is 31.3. The monoisotopic (exact) mass is 626 g/mol. The molecule has 10 nitrogen and oxygen atoms in total. The fourth-order valence-corrected chi connectivity index (χ4v) is 5.35. The molecule has 2 N–H and O–H groups in total. The molecule has 12 heteroatoms. The second-order valence-electron chi connectivity index (χ2n) is 10.8. The van der Waals surface area contributed by atoms with Crippen LogP contribution in [0.2, 0.25) is 10.0 Å². The predicted octanol–water partition coefficient (Wildman–Crippen LogP) is 7.29. The van der Waals surface area contributed by atoms with E-state index in [-0.39, 0.29) is 23.7 Å². The van der Waals surface area contributed by atoms with E-state index in [1.54, 1.807) is 55.8 Å². The zero-order valence-corrected chi connectivity index (χ0v) is 26.6. The maximum absolute atomic E-state index is 13.2. The summed E-state index contributed by atoms with van der Waals surface area (Å²) in [4.78, 5) is 38.7. The van der Waals surface area contributed by atoms with E-state index < -0.39 is 11.7 Å². The zero-order valence-electron chi connectivity index (χ0n) is 25.1. The normalized spacial score (nSPS) is 16.3. The topological polar surface area (TPSA) is 120 Å². The highest BCUT2D eigenvalue weighted by Crippen LogP contribution is 2.34. The van der Waals surface area contributed by atoms with Gasteiger partial charge in [-0.2, -0.15) is 4.98 Å². The Morgan fingerprint density at radius 1 is 1.05 bits per heavy atom. The number of ether oxygens (including phenoxy) is 2. The molecule has 3 heterocycles. The van der Waals surface area contributed by atoms with Crippen LogP contribution >= 0.6 is 23.2 Å². The lowest BCUT2D eigenvalue weighted by Crippen LogP contribution is -2.44. The van der Waals surface area contributed by atoms with Crippen molar-refractivity contribution in [1.29, 1.82) is 0 Å². The van der Waals surface area contributed by atoms with E-state index in [1.807, 2.05) is 34.6 Å². The van der Waals surface area contributed by atoms with Gasteiger partial charge in [0.25, 0.3) is 5.56 Å². The predicted molar refractivity (Wildman–Crippen MR) is 171 cm³/mol. The third-order valence-electron chi connectivity index (χ3n) is 6.60. The molecule has 2 unspecified atom stereocenters. The molecular formula is C31H36Cl2N6O4. The van der Waals surface area contributed by atoms with E-state index in [9.17, 15) is 9.59 Å². The summed E-state index contributed by atoms with van der Waals surface area (Å²) in [6.07, 6.45) is 5.15. The van der Waals surface area contributed by atoms with Crippen LogP contribution in [0.5, 0.6) is 5.75 Å². The Bertz CT molecular complexity index is 1630. The van der Waals surface area contributed by atoms with Crippen molar-refractivity contribution < 1.29 is 14.3 Å². The number of rotatable bonds is 6. The number of alkyl carbamates (subject to hydrolysis) is 1. The molecule has 3 aromatic heterocycles. The number of amides is 1. The van der Waals surface area contributed by atoms with Gasteiger partial charge in [0.05, 0.1) is 27.8 Å². The van der Waals surface area contributed by atoms with Gasteiger partial charge in [-0.1, -0.05) is 43.1 Å². The number of carbonyl (C=O) groups is 1. The molecule has 43 heavy (non-hydrogen) atoms. The first-order valence-corrected chi connectivity index (χ1v) is 14.9. The number of nitrogens with one attached hydrogen (secondary N) is 2. The van der Waals surface area contributed by atoms with Crippen molar-refractivity contribution >= 4 is 52.1 Å². The van der Waals surface area contributed by atoms with Gasteiger partial charge in [-0.15, -0.1) is 0 Å². The molecule has 0 aliphatic heterocycles. The van der Waals surface area contributed by atoms with Crippen molar-refractivity contribution in [3.63, 3.8) is 0 Å². The molecule has 1 aliphatic rings. The molecule has 228 valence electrons. The van der Waals surface area contributed by atoms with Crippen LogP contribution < -0.4 is 20.9 Å². The highest BCUT2D eigenvalue weighted by molar-refractivity contribution is 6.39. The first-order chi connectivity index (χ1) is 20.5. The summed E-state index contributed by atoms with van der Waals surface area (Å²) in [7, 11) is 1.63. The Morgan fingerprint density at radius 3 is 2.42 bits per heavy atom. The number of hydrogen-bond donors (Lipinski definition) is 2. The van der Waals surface area contributed by atoms with Gasteiger partial charge in [-0.3, -0.25) is 9.36 Å². The number of fused-ring (bicyclic) bond motifs is 1. The summed E-state index contributed by atoms with van der Waals surface area (Å²) in [6, 6.07) is 10.2. The first kappa shape index (κ1) is 32.0. The number of hydrogen-bond acceptors (Lipinski definition) is 8. The minimum absolute atomic E-state index is 0.144. The molecule has 1 aromatic carbocycles. The van der Waals surface area contributed by atoms with Gasteiger partial charge in [0, 0.05) is 24.2 Å². The standard InChI is InChI=1S/C29H30Cl2N6O4.C2H6/c1-29(2,3)41-28(39)34-21-9-6-10-22(21)40-17-11-12-23(32-15-17)35-27-33-14-16-13-18(26(38)37(4)25(16)36-27)24-19(30)7-5-8-20(24)31;1-2/h5,7-8,11-15,21-22H,6,9-10H2,1-4H3,(H,34,39)(H,32,33,35,36);1-2H3. The molecule has 1 amide bonds. The lowest BCUT2D eigenvalue weighted by molar-refractivity contribution is 0.0464. The summed E-state index contributed by atoms with van der Waals surface area (Å²) in [6.45, 7) is 9.49. The summed E-state index contributed by atoms with van der Waals surface area (Å²) >= 11 is 12.7. The maximum atomic E-state index is 13.2. The minimum atomic E-state index is -0.567. The van der Waals surface area contributed by atoms with Crippen LogP contribution in [0.1, 0.15) is 53.9 Å². The van der Waals surface area contributed by atoms with Gasteiger partial charge in [0.1, 0.15) is 28.9 Å². The van der Waals surface area contributed by atoms with Crippen molar-refractivity contribution in [2.45, 2.75) is 71.6 Å². The quantitative estimate of drug-likeness (QED) is 0.229. The van der Waals surface area contributed by atoms with E-state index in [4.69, 9.17) is 32.7 Å². The molecule has 0 radical (unpaired) electrons. The largest absolute Gasteiger partial charge is 0.487 e. The number of nitrogens with zero attached hydrogens (tertiary/aromatic N) is 4. The van der Waals surface area contributed by atoms with Crippen LogP contribution in [0.3, 0.4) is 0 Å². The molecule has 5 rings (SSSR count). The van der Waals surface area contributed by atoms with Crippen molar-refractivity contribution in [2.75, 3.05) is 5.32 Å². The average molecular weight is 628 g/mol. The molecule has 2 atom stereocenters. The van der Waals surface area contributed by atoms with Crippen LogP contribution in [0.15, 0.2) is 53.6 Å². The van der Waals surface area contributed by atoms with Gasteiger partial charge >= 0.3 is 6.09 Å². The molecule has 0 bridgehead atoms. The average Bonchev–Trinajstić information content (AvgIpc) is 3.38. The molecule has 0 saturated heterocycles. The number of halogens is 2. The Balaban J connectivity index is 0.00000207. The van der Waals surface area contributed by atoms with Gasteiger partial charge in [0.15, 0.2) is 0 Å². The van der Waals surface area contributed by atoms with Gasteiger partial charge in [0.2, 0.25) is 5.95 Å².